The van der Waals surface area contributed by atoms with Crippen LogP contribution in [0.15, 0.2) is 48.5 Å². The Kier molecular flexibility index (Phi) is 5.43. The van der Waals surface area contributed by atoms with Gasteiger partial charge in [0.05, 0.1) is 11.7 Å². The van der Waals surface area contributed by atoms with E-state index in [-0.39, 0.29) is 29.6 Å². The molecule has 0 bridgehead atoms. The van der Waals surface area contributed by atoms with Gasteiger partial charge in [-0.2, -0.15) is 0 Å². The van der Waals surface area contributed by atoms with Crippen molar-refractivity contribution >= 4 is 11.6 Å². The number of piperidine rings is 1. The third-order valence-electron chi connectivity index (χ3n) is 4.52. The summed E-state index contributed by atoms with van der Waals surface area (Å²) in [5.74, 6) is -0.731. The Morgan fingerprint density at radius 2 is 1.88 bits per heavy atom. The number of rotatable bonds is 5. The van der Waals surface area contributed by atoms with E-state index in [0.717, 1.165) is 18.4 Å². The maximum absolute atomic E-state index is 14.0. The minimum absolute atomic E-state index is 0.0555. The van der Waals surface area contributed by atoms with Crippen LogP contribution in [0.5, 0.6) is 0 Å². The number of carbonyl (C=O) groups is 1. The van der Waals surface area contributed by atoms with E-state index in [9.17, 15) is 13.6 Å². The van der Waals surface area contributed by atoms with Crippen molar-refractivity contribution in [1.82, 2.24) is 5.32 Å². The molecule has 5 heteroatoms. The molecule has 0 aromatic heterocycles. The van der Waals surface area contributed by atoms with Crippen LogP contribution in [0.2, 0.25) is 0 Å². The van der Waals surface area contributed by atoms with Crippen molar-refractivity contribution in [1.29, 1.82) is 0 Å². The maximum atomic E-state index is 14.0. The molecule has 0 saturated carbocycles. The molecule has 25 heavy (non-hydrogen) atoms. The van der Waals surface area contributed by atoms with Crippen LogP contribution in [0.1, 0.15) is 25.3 Å². The third kappa shape index (κ3) is 4.23. The average molecular weight is 344 g/mol. The van der Waals surface area contributed by atoms with Crippen LogP contribution >= 0.6 is 0 Å². The molecular weight excluding hydrogens is 322 g/mol. The Hall–Kier alpha value is -2.27. The van der Waals surface area contributed by atoms with Crippen LogP contribution < -0.4 is 10.2 Å². The number of para-hydroxylation sites is 1. The molecule has 0 aliphatic carbocycles. The number of hydrogen-bond acceptors (Lipinski definition) is 2. The molecule has 1 aliphatic heterocycles. The number of carbonyl (C=O) groups excluding carboxylic acids is 1. The van der Waals surface area contributed by atoms with Gasteiger partial charge < -0.3 is 10.2 Å². The van der Waals surface area contributed by atoms with Crippen molar-refractivity contribution in [3.63, 3.8) is 0 Å². The van der Waals surface area contributed by atoms with E-state index in [0.29, 0.717) is 18.7 Å². The van der Waals surface area contributed by atoms with Gasteiger partial charge in [0.15, 0.2) is 0 Å². The highest BCUT2D eigenvalue weighted by atomic mass is 19.1. The Morgan fingerprint density at radius 3 is 2.60 bits per heavy atom. The first-order chi connectivity index (χ1) is 12.0. The lowest BCUT2D eigenvalue weighted by Gasteiger charge is -2.34. The van der Waals surface area contributed by atoms with E-state index < -0.39 is 0 Å². The average Bonchev–Trinajstić information content (AvgIpc) is 2.60. The van der Waals surface area contributed by atoms with Gasteiger partial charge in [-0.05, 0) is 56.0 Å². The summed E-state index contributed by atoms with van der Waals surface area (Å²) < 4.78 is 27.0. The molecular formula is C20H22F2N2O. The zero-order valence-electron chi connectivity index (χ0n) is 14.2. The highest BCUT2D eigenvalue weighted by molar-refractivity contribution is 5.98. The lowest BCUT2D eigenvalue weighted by atomic mass is 10.0. The standard InChI is InChI=1S/C20H22F2N2O/c1-14(13-15-8-10-16(21)11-9-15)23-18-6-4-12-24(20(18)25)19-7-3-2-5-17(19)22/h2-3,5,7-11,14,18,23H,4,6,12-13H2,1H3/t14-,18+/m1/s1. The first kappa shape index (κ1) is 17.5. The lowest BCUT2D eigenvalue weighted by molar-refractivity contribution is -0.122. The summed E-state index contributed by atoms with van der Waals surface area (Å²) in [5, 5.41) is 3.34. The molecule has 0 unspecified atom stereocenters. The van der Waals surface area contributed by atoms with Gasteiger partial charge in [-0.3, -0.25) is 4.79 Å². The Labute approximate surface area is 146 Å². The summed E-state index contributed by atoms with van der Waals surface area (Å²) in [7, 11) is 0. The molecule has 1 heterocycles. The second kappa shape index (κ2) is 7.74. The molecule has 1 fully saturated rings. The van der Waals surface area contributed by atoms with Gasteiger partial charge in [0.2, 0.25) is 5.91 Å². The van der Waals surface area contributed by atoms with E-state index >= 15 is 0 Å². The summed E-state index contributed by atoms with van der Waals surface area (Å²) in [6.07, 6.45) is 2.25. The van der Waals surface area contributed by atoms with Crippen molar-refractivity contribution in [2.45, 2.75) is 38.3 Å². The van der Waals surface area contributed by atoms with E-state index in [1.807, 2.05) is 6.92 Å². The topological polar surface area (TPSA) is 32.3 Å². The van der Waals surface area contributed by atoms with Crippen molar-refractivity contribution in [2.24, 2.45) is 0 Å². The van der Waals surface area contributed by atoms with Gasteiger partial charge in [0.1, 0.15) is 11.6 Å². The largest absolute Gasteiger partial charge is 0.308 e. The van der Waals surface area contributed by atoms with Gasteiger partial charge in [0, 0.05) is 12.6 Å². The minimum atomic E-state index is -0.379. The molecule has 0 spiro atoms. The molecule has 1 aliphatic rings. The first-order valence-corrected chi connectivity index (χ1v) is 8.61. The summed E-state index contributed by atoms with van der Waals surface area (Å²) in [4.78, 5) is 14.3. The molecule has 0 radical (unpaired) electrons. The van der Waals surface area contributed by atoms with Gasteiger partial charge in [-0.15, -0.1) is 0 Å². The van der Waals surface area contributed by atoms with E-state index in [4.69, 9.17) is 0 Å². The fraction of sp³-hybridized carbons (Fsp3) is 0.350. The van der Waals surface area contributed by atoms with Crippen LogP contribution in [0.3, 0.4) is 0 Å². The summed E-state index contributed by atoms with van der Waals surface area (Å²) in [5.41, 5.74) is 1.35. The van der Waals surface area contributed by atoms with Crippen LogP contribution in [0.4, 0.5) is 14.5 Å². The second-order valence-corrected chi connectivity index (χ2v) is 6.53. The smallest absolute Gasteiger partial charge is 0.244 e. The highest BCUT2D eigenvalue weighted by Gasteiger charge is 2.31. The maximum Gasteiger partial charge on any atom is 0.244 e. The lowest BCUT2D eigenvalue weighted by Crippen LogP contribution is -2.53. The summed E-state index contributed by atoms with van der Waals surface area (Å²) >= 11 is 0. The van der Waals surface area contributed by atoms with Crippen molar-refractivity contribution in [2.75, 3.05) is 11.4 Å². The number of hydrogen-bond donors (Lipinski definition) is 1. The number of halogens is 2. The van der Waals surface area contributed by atoms with Crippen LogP contribution in [-0.2, 0) is 11.2 Å². The SMILES string of the molecule is C[C@H](Cc1ccc(F)cc1)N[C@H]1CCCN(c2ccccc2F)C1=O. The number of benzene rings is 2. The van der Waals surface area contributed by atoms with E-state index in [1.165, 1.54) is 23.1 Å². The number of anilines is 1. The molecule has 2 atom stereocenters. The highest BCUT2D eigenvalue weighted by Crippen LogP contribution is 2.24. The van der Waals surface area contributed by atoms with Crippen LogP contribution in [-0.4, -0.2) is 24.5 Å². The van der Waals surface area contributed by atoms with Crippen LogP contribution in [0.25, 0.3) is 0 Å². The summed E-state index contributed by atoms with van der Waals surface area (Å²) in [6, 6.07) is 12.5. The molecule has 3 rings (SSSR count). The Balaban J connectivity index is 1.65. The third-order valence-corrected chi connectivity index (χ3v) is 4.52. The first-order valence-electron chi connectivity index (χ1n) is 8.61. The van der Waals surface area contributed by atoms with Gasteiger partial charge >= 0.3 is 0 Å². The van der Waals surface area contributed by atoms with E-state index in [1.54, 1.807) is 30.3 Å². The van der Waals surface area contributed by atoms with E-state index in [2.05, 4.69) is 5.32 Å². The summed E-state index contributed by atoms with van der Waals surface area (Å²) in [6.45, 7) is 2.53. The number of nitrogens with one attached hydrogen (secondary N) is 1. The molecule has 1 saturated heterocycles. The fourth-order valence-electron chi connectivity index (χ4n) is 3.32. The molecule has 2 aromatic rings. The number of nitrogens with zero attached hydrogens (tertiary/aromatic N) is 1. The molecule has 1 N–H and O–H groups in total. The van der Waals surface area contributed by atoms with Gasteiger partial charge in [-0.1, -0.05) is 24.3 Å². The molecule has 132 valence electrons. The molecule has 2 aromatic carbocycles. The number of amides is 1. The van der Waals surface area contributed by atoms with Gasteiger partial charge in [0.25, 0.3) is 0 Å². The van der Waals surface area contributed by atoms with Crippen LogP contribution in [0, 0.1) is 11.6 Å². The predicted octanol–water partition coefficient (Wildman–Crippen LogP) is 3.68. The monoisotopic (exact) mass is 344 g/mol. The Bertz CT molecular complexity index is 733. The van der Waals surface area contributed by atoms with Crippen molar-refractivity contribution < 1.29 is 13.6 Å². The quantitative estimate of drug-likeness (QED) is 0.897. The van der Waals surface area contributed by atoms with Crippen molar-refractivity contribution in [3.05, 3.63) is 65.7 Å². The molecule has 3 nitrogen and oxygen atoms in total. The molecule has 1 amide bonds. The van der Waals surface area contributed by atoms with Gasteiger partial charge in [-0.25, -0.2) is 8.78 Å². The zero-order valence-corrected chi connectivity index (χ0v) is 14.2. The fourth-order valence-corrected chi connectivity index (χ4v) is 3.32. The minimum Gasteiger partial charge on any atom is -0.308 e. The Morgan fingerprint density at radius 1 is 1.16 bits per heavy atom. The zero-order chi connectivity index (χ0) is 17.8. The van der Waals surface area contributed by atoms with Crippen molar-refractivity contribution in [3.8, 4) is 0 Å². The normalized spacial score (nSPS) is 19.1. The predicted molar refractivity (Wildman–Crippen MR) is 94.5 cm³/mol. The second-order valence-electron chi connectivity index (χ2n) is 6.53.